The highest BCUT2D eigenvalue weighted by atomic mass is 16.4. The van der Waals surface area contributed by atoms with E-state index in [0.29, 0.717) is 24.3 Å². The Balaban J connectivity index is 2.17. The summed E-state index contributed by atoms with van der Waals surface area (Å²) in [7, 11) is 0. The zero-order valence-corrected chi connectivity index (χ0v) is 10.9. The number of amides is 1. The van der Waals surface area contributed by atoms with Gasteiger partial charge in [0.1, 0.15) is 11.8 Å². The fraction of sp³-hybridized carbons (Fsp3) is 0.538. The molecule has 1 aromatic heterocycles. The van der Waals surface area contributed by atoms with Crippen LogP contribution >= 0.6 is 0 Å². The van der Waals surface area contributed by atoms with Crippen molar-refractivity contribution >= 4 is 11.7 Å². The molecule has 0 aromatic carbocycles. The number of nitrogens with one attached hydrogen (secondary N) is 1. The summed E-state index contributed by atoms with van der Waals surface area (Å²) < 4.78 is 4.89. The molecule has 1 saturated carbocycles. The lowest BCUT2D eigenvalue weighted by molar-refractivity contribution is 0.0897. The first-order valence-corrected chi connectivity index (χ1v) is 6.40. The van der Waals surface area contributed by atoms with E-state index in [9.17, 15) is 4.79 Å². The predicted octanol–water partition coefficient (Wildman–Crippen LogP) is 1.70. The first-order valence-electron chi connectivity index (χ1n) is 6.40. The molecule has 1 heterocycles. The summed E-state index contributed by atoms with van der Waals surface area (Å²) in [6.45, 7) is 2.16. The van der Waals surface area contributed by atoms with Crippen LogP contribution in [-0.2, 0) is 0 Å². The number of furan rings is 1. The van der Waals surface area contributed by atoms with E-state index < -0.39 is 5.54 Å². The molecular weight excluding hydrogens is 246 g/mol. The highest BCUT2D eigenvalue weighted by Gasteiger charge is 2.40. The SMILES string of the molecule is CC1CCC(NC(=O)c2ccoc2)(/C(N)=N/O)CC1. The van der Waals surface area contributed by atoms with Crippen LogP contribution in [0.25, 0.3) is 0 Å². The Morgan fingerprint density at radius 1 is 1.58 bits per heavy atom. The molecule has 0 aliphatic heterocycles. The lowest BCUT2D eigenvalue weighted by Crippen LogP contribution is -2.59. The van der Waals surface area contributed by atoms with E-state index in [1.54, 1.807) is 6.07 Å². The lowest BCUT2D eigenvalue weighted by atomic mass is 9.76. The summed E-state index contributed by atoms with van der Waals surface area (Å²) in [5.41, 5.74) is 5.47. The Labute approximate surface area is 111 Å². The molecule has 1 aliphatic rings. The fourth-order valence-corrected chi connectivity index (χ4v) is 2.48. The zero-order valence-electron chi connectivity index (χ0n) is 10.9. The van der Waals surface area contributed by atoms with Crippen LogP contribution in [0, 0.1) is 5.92 Å². The van der Waals surface area contributed by atoms with Gasteiger partial charge in [-0.1, -0.05) is 12.1 Å². The molecule has 104 valence electrons. The number of carbonyl (C=O) groups is 1. The highest BCUT2D eigenvalue weighted by Crippen LogP contribution is 2.32. The van der Waals surface area contributed by atoms with Gasteiger partial charge in [0.05, 0.1) is 11.8 Å². The van der Waals surface area contributed by atoms with Gasteiger partial charge >= 0.3 is 0 Å². The van der Waals surface area contributed by atoms with Crippen molar-refractivity contribution < 1.29 is 14.4 Å². The molecule has 4 N–H and O–H groups in total. The number of hydrogen-bond acceptors (Lipinski definition) is 4. The number of nitrogens with two attached hydrogens (primary N) is 1. The van der Waals surface area contributed by atoms with E-state index in [-0.39, 0.29) is 11.7 Å². The molecule has 1 fully saturated rings. The standard InChI is InChI=1S/C13H19N3O3/c1-9-2-5-13(6-3-9,12(14)16-18)15-11(17)10-4-7-19-8-10/h4,7-9,18H,2-3,5-6H2,1H3,(H2,14,16)(H,15,17). The number of carbonyl (C=O) groups excluding carboxylic acids is 1. The first kappa shape index (κ1) is 13.5. The van der Waals surface area contributed by atoms with Crippen molar-refractivity contribution in [1.29, 1.82) is 0 Å². The van der Waals surface area contributed by atoms with Crippen molar-refractivity contribution in [3.8, 4) is 0 Å². The monoisotopic (exact) mass is 265 g/mol. The van der Waals surface area contributed by atoms with Gasteiger partial charge in [-0.3, -0.25) is 4.79 Å². The number of hydrogen-bond donors (Lipinski definition) is 3. The smallest absolute Gasteiger partial charge is 0.255 e. The van der Waals surface area contributed by atoms with Crippen molar-refractivity contribution in [3.63, 3.8) is 0 Å². The molecule has 0 bridgehead atoms. The van der Waals surface area contributed by atoms with Gasteiger partial charge in [0, 0.05) is 0 Å². The summed E-state index contributed by atoms with van der Waals surface area (Å²) >= 11 is 0. The maximum atomic E-state index is 12.1. The van der Waals surface area contributed by atoms with Crippen LogP contribution < -0.4 is 11.1 Å². The molecule has 0 radical (unpaired) electrons. The summed E-state index contributed by atoms with van der Waals surface area (Å²) in [4.78, 5) is 12.1. The van der Waals surface area contributed by atoms with Gasteiger partial charge < -0.3 is 20.7 Å². The minimum Gasteiger partial charge on any atom is -0.472 e. The Bertz CT molecular complexity index is 459. The van der Waals surface area contributed by atoms with Gasteiger partial charge in [-0.2, -0.15) is 0 Å². The minimum absolute atomic E-state index is 0.0660. The first-order chi connectivity index (χ1) is 9.07. The number of rotatable bonds is 3. The van der Waals surface area contributed by atoms with E-state index in [2.05, 4.69) is 17.4 Å². The topological polar surface area (TPSA) is 101 Å². The zero-order chi connectivity index (χ0) is 13.9. The molecule has 19 heavy (non-hydrogen) atoms. The molecule has 1 amide bonds. The van der Waals surface area contributed by atoms with Crippen molar-refractivity contribution in [3.05, 3.63) is 24.2 Å². The van der Waals surface area contributed by atoms with E-state index in [1.165, 1.54) is 12.5 Å². The quantitative estimate of drug-likeness (QED) is 0.335. The molecule has 6 heteroatoms. The van der Waals surface area contributed by atoms with Crippen LogP contribution in [0.15, 0.2) is 28.2 Å². The summed E-state index contributed by atoms with van der Waals surface area (Å²) in [5.74, 6) is 0.386. The Morgan fingerprint density at radius 3 is 2.79 bits per heavy atom. The van der Waals surface area contributed by atoms with Crippen molar-refractivity contribution in [2.75, 3.05) is 0 Å². The Morgan fingerprint density at radius 2 is 2.26 bits per heavy atom. The molecule has 0 spiro atoms. The van der Waals surface area contributed by atoms with Crippen molar-refractivity contribution in [2.45, 2.75) is 38.1 Å². The van der Waals surface area contributed by atoms with Gasteiger partial charge in [-0.25, -0.2) is 0 Å². The maximum Gasteiger partial charge on any atom is 0.255 e. The highest BCUT2D eigenvalue weighted by molar-refractivity contribution is 6.00. The second-order valence-corrected chi connectivity index (χ2v) is 5.22. The van der Waals surface area contributed by atoms with Crippen LogP contribution in [0.4, 0.5) is 0 Å². The van der Waals surface area contributed by atoms with E-state index in [1.807, 2.05) is 0 Å². The third-order valence-corrected chi connectivity index (χ3v) is 3.86. The third-order valence-electron chi connectivity index (χ3n) is 3.86. The molecule has 1 aliphatic carbocycles. The summed E-state index contributed by atoms with van der Waals surface area (Å²) in [6, 6.07) is 1.58. The molecule has 1 aromatic rings. The van der Waals surface area contributed by atoms with E-state index in [4.69, 9.17) is 15.4 Å². The summed E-state index contributed by atoms with van der Waals surface area (Å²) in [5, 5.41) is 14.9. The second-order valence-electron chi connectivity index (χ2n) is 5.22. The van der Waals surface area contributed by atoms with Gasteiger partial charge in [-0.05, 0) is 37.7 Å². The second kappa shape index (κ2) is 5.34. The molecule has 0 unspecified atom stereocenters. The maximum absolute atomic E-state index is 12.1. The Hall–Kier alpha value is -1.98. The summed E-state index contributed by atoms with van der Waals surface area (Å²) in [6.07, 6.45) is 6.03. The largest absolute Gasteiger partial charge is 0.472 e. The van der Waals surface area contributed by atoms with Gasteiger partial charge in [-0.15, -0.1) is 0 Å². The van der Waals surface area contributed by atoms with Gasteiger partial charge in [0.25, 0.3) is 5.91 Å². The normalized spacial score (nSPS) is 28.1. The Kier molecular flexibility index (Phi) is 3.78. The van der Waals surface area contributed by atoms with E-state index >= 15 is 0 Å². The molecule has 2 rings (SSSR count). The van der Waals surface area contributed by atoms with E-state index in [0.717, 1.165) is 12.8 Å². The van der Waals surface area contributed by atoms with Crippen LogP contribution in [0.1, 0.15) is 43.0 Å². The van der Waals surface area contributed by atoms with Crippen LogP contribution in [-0.4, -0.2) is 22.5 Å². The van der Waals surface area contributed by atoms with Crippen molar-refractivity contribution in [2.24, 2.45) is 16.8 Å². The van der Waals surface area contributed by atoms with Crippen LogP contribution in [0.5, 0.6) is 0 Å². The molecule has 6 nitrogen and oxygen atoms in total. The lowest BCUT2D eigenvalue weighted by Gasteiger charge is -2.38. The number of amidine groups is 1. The molecule has 0 saturated heterocycles. The molecular formula is C13H19N3O3. The minimum atomic E-state index is -0.754. The average molecular weight is 265 g/mol. The van der Waals surface area contributed by atoms with Crippen molar-refractivity contribution in [1.82, 2.24) is 5.32 Å². The predicted molar refractivity (Wildman–Crippen MR) is 69.9 cm³/mol. The van der Waals surface area contributed by atoms with Crippen LogP contribution in [0.3, 0.4) is 0 Å². The average Bonchev–Trinajstić information content (AvgIpc) is 2.95. The molecule has 0 atom stereocenters. The fourth-order valence-electron chi connectivity index (χ4n) is 2.48. The third kappa shape index (κ3) is 2.72. The van der Waals surface area contributed by atoms with Gasteiger partial charge in [0.15, 0.2) is 5.84 Å². The van der Waals surface area contributed by atoms with Gasteiger partial charge in [0.2, 0.25) is 0 Å². The number of oxime groups is 1. The number of nitrogens with zero attached hydrogens (tertiary/aromatic N) is 1. The van der Waals surface area contributed by atoms with Crippen LogP contribution in [0.2, 0.25) is 0 Å².